The fraction of sp³-hybridized carbons (Fsp3) is 0.273. The average molecular weight is 218 g/mol. The van der Waals surface area contributed by atoms with Gasteiger partial charge in [0, 0.05) is 7.05 Å². The molecule has 0 atom stereocenters. The molecule has 2 aromatic rings. The topological polar surface area (TPSA) is 68.2 Å². The molecule has 2 N–H and O–H groups in total. The smallest absolute Gasteiger partial charge is 0.149 e. The fourth-order valence-corrected chi connectivity index (χ4v) is 1.44. The van der Waals surface area contributed by atoms with Crippen molar-refractivity contribution in [1.29, 1.82) is 0 Å². The lowest BCUT2D eigenvalue weighted by molar-refractivity contribution is 0.481. The zero-order valence-corrected chi connectivity index (χ0v) is 9.34. The van der Waals surface area contributed by atoms with E-state index >= 15 is 0 Å². The maximum atomic E-state index is 5.57. The molecule has 16 heavy (non-hydrogen) atoms. The van der Waals surface area contributed by atoms with Gasteiger partial charge >= 0.3 is 0 Å². The Morgan fingerprint density at radius 2 is 2.19 bits per heavy atom. The predicted octanol–water partition coefficient (Wildman–Crippen LogP) is 1.60. The minimum atomic E-state index is 0.417. The first-order valence-electron chi connectivity index (χ1n) is 4.99. The summed E-state index contributed by atoms with van der Waals surface area (Å²) in [6, 6.07) is 3.89. The Balaban J connectivity index is 2.11. The van der Waals surface area contributed by atoms with Crippen LogP contribution in [0.4, 0.5) is 11.6 Å². The second kappa shape index (κ2) is 4.22. The molecule has 0 aliphatic rings. The van der Waals surface area contributed by atoms with Crippen molar-refractivity contribution in [3.8, 4) is 0 Å². The largest absolute Gasteiger partial charge is 0.464 e. The van der Waals surface area contributed by atoms with Crippen molar-refractivity contribution in [2.45, 2.75) is 13.5 Å². The Bertz CT molecular complexity index is 480. The van der Waals surface area contributed by atoms with Gasteiger partial charge in [0.15, 0.2) is 0 Å². The van der Waals surface area contributed by atoms with Crippen LogP contribution in [0.5, 0.6) is 0 Å². The highest BCUT2D eigenvalue weighted by atomic mass is 16.3. The number of nitrogen functional groups attached to an aromatic ring is 1. The molecule has 0 aliphatic heterocycles. The van der Waals surface area contributed by atoms with Crippen LogP contribution in [-0.2, 0) is 6.54 Å². The van der Waals surface area contributed by atoms with E-state index in [2.05, 4.69) is 9.97 Å². The van der Waals surface area contributed by atoms with Gasteiger partial charge in [-0.3, -0.25) is 4.98 Å². The highest BCUT2D eigenvalue weighted by Crippen LogP contribution is 2.14. The number of hydrogen-bond donors (Lipinski definition) is 1. The van der Waals surface area contributed by atoms with E-state index < -0.39 is 0 Å². The SMILES string of the molecule is Cc1ccc(CN(C)c2cncc(N)n2)o1. The quantitative estimate of drug-likeness (QED) is 0.847. The maximum Gasteiger partial charge on any atom is 0.149 e. The van der Waals surface area contributed by atoms with Crippen molar-refractivity contribution in [3.63, 3.8) is 0 Å². The molecule has 2 rings (SSSR count). The van der Waals surface area contributed by atoms with Gasteiger partial charge in [-0.25, -0.2) is 4.98 Å². The summed E-state index contributed by atoms with van der Waals surface area (Å²) in [5.41, 5.74) is 5.57. The van der Waals surface area contributed by atoms with Crippen LogP contribution in [-0.4, -0.2) is 17.0 Å². The zero-order chi connectivity index (χ0) is 11.5. The lowest BCUT2D eigenvalue weighted by Gasteiger charge is -2.16. The van der Waals surface area contributed by atoms with Crippen LogP contribution in [0.2, 0.25) is 0 Å². The Morgan fingerprint density at radius 1 is 1.38 bits per heavy atom. The van der Waals surface area contributed by atoms with Crippen molar-refractivity contribution in [3.05, 3.63) is 36.0 Å². The minimum Gasteiger partial charge on any atom is -0.464 e. The van der Waals surface area contributed by atoms with E-state index in [4.69, 9.17) is 10.2 Å². The molecular weight excluding hydrogens is 204 g/mol. The Labute approximate surface area is 93.9 Å². The zero-order valence-electron chi connectivity index (χ0n) is 9.34. The first kappa shape index (κ1) is 10.5. The Kier molecular flexibility index (Phi) is 2.76. The number of aryl methyl sites for hydroxylation is 1. The molecule has 84 valence electrons. The molecule has 0 saturated carbocycles. The van der Waals surface area contributed by atoms with Crippen LogP contribution in [0.25, 0.3) is 0 Å². The summed E-state index contributed by atoms with van der Waals surface area (Å²) in [5, 5.41) is 0. The van der Waals surface area contributed by atoms with Crippen molar-refractivity contribution >= 4 is 11.6 Å². The van der Waals surface area contributed by atoms with Crippen LogP contribution < -0.4 is 10.6 Å². The van der Waals surface area contributed by atoms with E-state index in [-0.39, 0.29) is 0 Å². The van der Waals surface area contributed by atoms with E-state index in [9.17, 15) is 0 Å². The molecule has 0 spiro atoms. The van der Waals surface area contributed by atoms with Gasteiger partial charge in [0.25, 0.3) is 0 Å². The van der Waals surface area contributed by atoms with Gasteiger partial charge in [-0.1, -0.05) is 0 Å². The number of nitrogens with two attached hydrogens (primary N) is 1. The molecule has 0 radical (unpaired) electrons. The molecule has 0 aromatic carbocycles. The van der Waals surface area contributed by atoms with E-state index in [1.807, 2.05) is 31.0 Å². The number of anilines is 2. The lowest BCUT2D eigenvalue weighted by Crippen LogP contribution is -2.17. The molecule has 0 aliphatic carbocycles. The Morgan fingerprint density at radius 3 is 2.81 bits per heavy atom. The summed E-state index contributed by atoms with van der Waals surface area (Å²) in [6.07, 6.45) is 3.19. The van der Waals surface area contributed by atoms with Crippen LogP contribution in [0.1, 0.15) is 11.5 Å². The average Bonchev–Trinajstić information content (AvgIpc) is 2.64. The van der Waals surface area contributed by atoms with Crippen LogP contribution in [0.15, 0.2) is 28.9 Å². The normalized spacial score (nSPS) is 10.4. The van der Waals surface area contributed by atoms with E-state index in [1.54, 1.807) is 6.20 Å². The van der Waals surface area contributed by atoms with Crippen LogP contribution >= 0.6 is 0 Å². The van der Waals surface area contributed by atoms with Gasteiger partial charge < -0.3 is 15.1 Å². The van der Waals surface area contributed by atoms with Gasteiger partial charge in [-0.2, -0.15) is 0 Å². The molecule has 0 fully saturated rings. The van der Waals surface area contributed by atoms with Crippen molar-refractivity contribution in [2.75, 3.05) is 17.7 Å². The third-order valence-electron chi connectivity index (χ3n) is 2.22. The third-order valence-corrected chi connectivity index (χ3v) is 2.22. The molecule has 0 saturated heterocycles. The highest BCUT2D eigenvalue weighted by Gasteiger charge is 2.06. The first-order valence-corrected chi connectivity index (χ1v) is 4.99. The number of nitrogens with zero attached hydrogens (tertiary/aromatic N) is 3. The molecule has 5 heteroatoms. The van der Waals surface area contributed by atoms with Gasteiger partial charge in [0.05, 0.1) is 18.9 Å². The molecule has 5 nitrogen and oxygen atoms in total. The van der Waals surface area contributed by atoms with Crippen molar-refractivity contribution < 1.29 is 4.42 Å². The number of aromatic nitrogens is 2. The fourth-order valence-electron chi connectivity index (χ4n) is 1.44. The highest BCUT2D eigenvalue weighted by molar-refractivity contribution is 5.40. The second-order valence-electron chi connectivity index (χ2n) is 3.67. The van der Waals surface area contributed by atoms with Gasteiger partial charge in [-0.05, 0) is 19.1 Å². The first-order chi connectivity index (χ1) is 7.65. The summed E-state index contributed by atoms with van der Waals surface area (Å²) in [4.78, 5) is 10.1. The predicted molar refractivity (Wildman–Crippen MR) is 62.0 cm³/mol. The standard InChI is InChI=1S/C11H14N4O/c1-8-3-4-9(16-8)7-15(2)11-6-13-5-10(12)14-11/h3-6H,7H2,1-2H3,(H2,12,14). The summed E-state index contributed by atoms with van der Waals surface area (Å²) in [5.74, 6) is 2.94. The van der Waals surface area contributed by atoms with Gasteiger partial charge in [0.1, 0.15) is 23.2 Å². The lowest BCUT2D eigenvalue weighted by atomic mass is 10.4. The monoisotopic (exact) mass is 218 g/mol. The summed E-state index contributed by atoms with van der Waals surface area (Å²) < 4.78 is 5.48. The summed E-state index contributed by atoms with van der Waals surface area (Å²) in [7, 11) is 1.92. The van der Waals surface area contributed by atoms with Gasteiger partial charge in [-0.15, -0.1) is 0 Å². The van der Waals surface area contributed by atoms with Crippen LogP contribution in [0.3, 0.4) is 0 Å². The number of rotatable bonds is 3. The third kappa shape index (κ3) is 2.31. The van der Waals surface area contributed by atoms with E-state index in [0.29, 0.717) is 12.4 Å². The molecule has 2 heterocycles. The number of hydrogen-bond acceptors (Lipinski definition) is 5. The van der Waals surface area contributed by atoms with Crippen molar-refractivity contribution in [1.82, 2.24) is 9.97 Å². The van der Waals surface area contributed by atoms with Gasteiger partial charge in [0.2, 0.25) is 0 Å². The molecule has 0 amide bonds. The second-order valence-corrected chi connectivity index (χ2v) is 3.67. The molecular formula is C11H14N4O. The van der Waals surface area contributed by atoms with E-state index in [0.717, 1.165) is 17.3 Å². The summed E-state index contributed by atoms with van der Waals surface area (Å²) >= 11 is 0. The number of furan rings is 1. The maximum absolute atomic E-state index is 5.57. The molecule has 0 unspecified atom stereocenters. The summed E-state index contributed by atoms with van der Waals surface area (Å²) in [6.45, 7) is 2.57. The molecule has 0 bridgehead atoms. The minimum absolute atomic E-state index is 0.417. The van der Waals surface area contributed by atoms with Crippen molar-refractivity contribution in [2.24, 2.45) is 0 Å². The van der Waals surface area contributed by atoms with E-state index in [1.165, 1.54) is 6.20 Å². The Hall–Kier alpha value is -2.04. The van der Waals surface area contributed by atoms with Crippen LogP contribution in [0, 0.1) is 6.92 Å². The molecule has 2 aromatic heterocycles.